The van der Waals surface area contributed by atoms with E-state index in [9.17, 15) is 0 Å². The fourth-order valence-corrected chi connectivity index (χ4v) is 1.83. The van der Waals surface area contributed by atoms with Gasteiger partial charge in [0.15, 0.2) is 9.76 Å². The predicted molar refractivity (Wildman–Crippen MR) is 69.2 cm³/mol. The summed E-state index contributed by atoms with van der Waals surface area (Å²) in [6, 6.07) is 1.34. The Hall–Kier alpha value is 0.0169. The van der Waals surface area contributed by atoms with Crippen molar-refractivity contribution in [2.45, 2.75) is 38.5 Å². The molecule has 0 aromatic carbocycles. The zero-order valence-electron chi connectivity index (χ0n) is 10.9. The molecule has 0 bridgehead atoms. The molecule has 2 aliphatic rings. The molecular formula is C11H26O5Si. The summed E-state index contributed by atoms with van der Waals surface area (Å²) in [6.45, 7) is 8.44. The SMILES string of the molecule is C(OCC1CO1)C1CO1.CCC[SiH2]OCC.O. The van der Waals surface area contributed by atoms with Crippen molar-refractivity contribution >= 4 is 9.76 Å². The van der Waals surface area contributed by atoms with Crippen LogP contribution in [0.1, 0.15) is 20.3 Å². The summed E-state index contributed by atoms with van der Waals surface area (Å²) in [5.41, 5.74) is 0. The first-order chi connectivity index (χ1) is 7.86. The smallest absolute Gasteiger partial charge is 0.161 e. The predicted octanol–water partition coefficient (Wildman–Crippen LogP) is -0.0891. The van der Waals surface area contributed by atoms with E-state index < -0.39 is 0 Å². The Kier molecular flexibility index (Phi) is 11.1. The van der Waals surface area contributed by atoms with Gasteiger partial charge in [-0.15, -0.1) is 0 Å². The molecule has 5 nitrogen and oxygen atoms in total. The molecule has 0 aromatic heterocycles. The van der Waals surface area contributed by atoms with Crippen LogP contribution in [0.25, 0.3) is 0 Å². The van der Waals surface area contributed by atoms with Crippen molar-refractivity contribution < 1.29 is 24.1 Å². The molecule has 2 heterocycles. The average Bonchev–Trinajstić information content (AvgIpc) is 3.14. The minimum absolute atomic E-state index is 0. The third-order valence-corrected chi connectivity index (χ3v) is 3.95. The van der Waals surface area contributed by atoms with E-state index in [0.717, 1.165) is 33.0 Å². The Morgan fingerprint density at radius 2 is 1.65 bits per heavy atom. The molecular weight excluding hydrogens is 240 g/mol. The van der Waals surface area contributed by atoms with Crippen molar-refractivity contribution in [1.29, 1.82) is 0 Å². The maximum absolute atomic E-state index is 5.23. The van der Waals surface area contributed by atoms with Gasteiger partial charge < -0.3 is 24.1 Å². The van der Waals surface area contributed by atoms with E-state index in [4.69, 9.17) is 18.6 Å². The molecule has 0 radical (unpaired) electrons. The van der Waals surface area contributed by atoms with E-state index in [1.54, 1.807) is 0 Å². The van der Waals surface area contributed by atoms with Crippen LogP contribution in [0.2, 0.25) is 6.04 Å². The largest absolute Gasteiger partial charge is 0.424 e. The van der Waals surface area contributed by atoms with Crippen molar-refractivity contribution in [3.8, 4) is 0 Å². The standard InChI is InChI=1S/C6H10O3.C5H14OSi.H2O/c1(5-3-8-5)7-2-6-4-9-6;1-3-5-7-6-4-2;/h5-6H,1-4H2;3-5,7H2,1-2H3;1H2. The van der Waals surface area contributed by atoms with Gasteiger partial charge in [-0.2, -0.15) is 0 Å². The van der Waals surface area contributed by atoms with Gasteiger partial charge in [0.1, 0.15) is 12.2 Å². The van der Waals surface area contributed by atoms with Gasteiger partial charge in [-0.05, 0) is 13.0 Å². The van der Waals surface area contributed by atoms with E-state index in [1.165, 1.54) is 12.5 Å². The summed E-state index contributed by atoms with van der Waals surface area (Å²) >= 11 is 0. The Morgan fingerprint density at radius 1 is 1.12 bits per heavy atom. The van der Waals surface area contributed by atoms with Crippen molar-refractivity contribution in [2.24, 2.45) is 0 Å². The van der Waals surface area contributed by atoms with Gasteiger partial charge in [0.25, 0.3) is 0 Å². The van der Waals surface area contributed by atoms with Crippen LogP contribution in [0.5, 0.6) is 0 Å². The van der Waals surface area contributed by atoms with Crippen molar-refractivity contribution in [3.63, 3.8) is 0 Å². The molecule has 0 aliphatic carbocycles. The Morgan fingerprint density at radius 3 is 2.00 bits per heavy atom. The molecule has 0 amide bonds. The Balaban J connectivity index is 0.000000296. The van der Waals surface area contributed by atoms with Gasteiger partial charge in [0.05, 0.1) is 26.4 Å². The lowest BCUT2D eigenvalue weighted by molar-refractivity contribution is 0.102. The van der Waals surface area contributed by atoms with Gasteiger partial charge in [-0.25, -0.2) is 0 Å². The van der Waals surface area contributed by atoms with E-state index in [-0.39, 0.29) is 15.2 Å². The summed E-state index contributed by atoms with van der Waals surface area (Å²) in [5, 5.41) is 0. The average molecular weight is 266 g/mol. The number of hydrogen-bond donors (Lipinski definition) is 0. The van der Waals surface area contributed by atoms with Crippen LogP contribution in [-0.2, 0) is 18.6 Å². The van der Waals surface area contributed by atoms with Crippen LogP contribution in [0.4, 0.5) is 0 Å². The van der Waals surface area contributed by atoms with Crippen molar-refractivity contribution in [3.05, 3.63) is 0 Å². The maximum Gasteiger partial charge on any atom is 0.161 e. The number of rotatable bonds is 8. The summed E-state index contributed by atoms with van der Waals surface area (Å²) in [5.74, 6) is 0. The summed E-state index contributed by atoms with van der Waals surface area (Å²) in [6.07, 6.45) is 2.08. The van der Waals surface area contributed by atoms with Gasteiger partial charge >= 0.3 is 0 Å². The van der Waals surface area contributed by atoms with Crippen LogP contribution in [0, 0.1) is 0 Å². The number of hydrogen-bond acceptors (Lipinski definition) is 4. The summed E-state index contributed by atoms with van der Waals surface area (Å²) in [4.78, 5) is 0. The molecule has 2 aliphatic heterocycles. The first-order valence-electron chi connectivity index (χ1n) is 6.25. The third kappa shape index (κ3) is 12.3. The lowest BCUT2D eigenvalue weighted by Crippen LogP contribution is -2.06. The van der Waals surface area contributed by atoms with Crippen LogP contribution in [0.3, 0.4) is 0 Å². The molecule has 2 unspecified atom stereocenters. The quantitative estimate of drug-likeness (QED) is 0.349. The zero-order valence-corrected chi connectivity index (χ0v) is 12.4. The molecule has 2 rings (SSSR count). The topological polar surface area (TPSA) is 75.0 Å². The fourth-order valence-electron chi connectivity index (χ4n) is 1.05. The molecule has 0 saturated carbocycles. The first-order valence-corrected chi connectivity index (χ1v) is 7.83. The normalized spacial score (nSPS) is 25.1. The summed E-state index contributed by atoms with van der Waals surface area (Å²) in [7, 11) is -0.0887. The van der Waals surface area contributed by atoms with E-state index in [0.29, 0.717) is 12.2 Å². The van der Waals surface area contributed by atoms with E-state index >= 15 is 0 Å². The van der Waals surface area contributed by atoms with Gasteiger partial charge in [-0.3, -0.25) is 0 Å². The lowest BCUT2D eigenvalue weighted by Gasteiger charge is -1.95. The van der Waals surface area contributed by atoms with Crippen LogP contribution < -0.4 is 0 Å². The van der Waals surface area contributed by atoms with Crippen molar-refractivity contribution in [2.75, 3.05) is 33.0 Å². The molecule has 0 spiro atoms. The first kappa shape index (κ1) is 17.0. The van der Waals surface area contributed by atoms with Gasteiger partial charge in [0.2, 0.25) is 0 Å². The van der Waals surface area contributed by atoms with Crippen molar-refractivity contribution in [1.82, 2.24) is 0 Å². The lowest BCUT2D eigenvalue weighted by atomic mass is 10.5. The highest BCUT2D eigenvalue weighted by Gasteiger charge is 2.26. The molecule has 6 heteroatoms. The fraction of sp³-hybridized carbons (Fsp3) is 1.00. The highest BCUT2D eigenvalue weighted by molar-refractivity contribution is 6.26. The second-order valence-electron chi connectivity index (χ2n) is 4.00. The molecule has 2 saturated heterocycles. The zero-order chi connectivity index (χ0) is 11.6. The monoisotopic (exact) mass is 266 g/mol. The minimum Gasteiger partial charge on any atom is -0.424 e. The molecule has 17 heavy (non-hydrogen) atoms. The number of epoxide rings is 2. The summed E-state index contributed by atoms with van der Waals surface area (Å²) < 4.78 is 20.3. The van der Waals surface area contributed by atoms with E-state index in [2.05, 4.69) is 13.8 Å². The maximum atomic E-state index is 5.23. The molecule has 2 atom stereocenters. The van der Waals surface area contributed by atoms with E-state index in [1.807, 2.05) is 0 Å². The molecule has 2 N–H and O–H groups in total. The Labute approximate surface area is 106 Å². The second kappa shape index (κ2) is 11.1. The minimum atomic E-state index is -0.0887. The second-order valence-corrected chi connectivity index (χ2v) is 5.52. The van der Waals surface area contributed by atoms with Crippen LogP contribution in [-0.4, -0.2) is 60.5 Å². The van der Waals surface area contributed by atoms with Gasteiger partial charge in [0, 0.05) is 6.61 Å². The Bertz CT molecular complexity index is 146. The molecule has 104 valence electrons. The molecule has 0 aromatic rings. The highest BCUT2D eigenvalue weighted by Crippen LogP contribution is 2.12. The van der Waals surface area contributed by atoms with Crippen LogP contribution >= 0.6 is 0 Å². The highest BCUT2D eigenvalue weighted by atomic mass is 28.2. The van der Waals surface area contributed by atoms with Crippen LogP contribution in [0.15, 0.2) is 0 Å². The van der Waals surface area contributed by atoms with Gasteiger partial charge in [-0.1, -0.05) is 13.3 Å². The molecule has 2 fully saturated rings. The number of ether oxygens (including phenoxy) is 3. The third-order valence-electron chi connectivity index (χ3n) is 2.26.